The molecule has 1 N–H and O–H groups in total. The van der Waals surface area contributed by atoms with E-state index < -0.39 is 24.1 Å². The van der Waals surface area contributed by atoms with Gasteiger partial charge < -0.3 is 15.0 Å². The van der Waals surface area contributed by atoms with E-state index in [0.29, 0.717) is 18.4 Å². The quantitative estimate of drug-likeness (QED) is 0.751. The van der Waals surface area contributed by atoms with Crippen molar-refractivity contribution in [3.63, 3.8) is 0 Å². The maximum Gasteiger partial charge on any atom is 0.387 e. The van der Waals surface area contributed by atoms with Crippen LogP contribution in [0.1, 0.15) is 37.7 Å². The second-order valence-electron chi connectivity index (χ2n) is 7.12. The molecule has 1 spiro atoms. The molecule has 1 aliphatic heterocycles. The predicted molar refractivity (Wildman–Crippen MR) is 95.6 cm³/mol. The zero-order chi connectivity index (χ0) is 20.3. The fourth-order valence-corrected chi connectivity index (χ4v) is 3.86. The Morgan fingerprint density at radius 2 is 1.82 bits per heavy atom. The third kappa shape index (κ3) is 3.93. The number of ether oxygens (including phenoxy) is 1. The number of carbonyl (C=O) groups is 3. The second kappa shape index (κ2) is 8.12. The highest BCUT2D eigenvalue weighted by molar-refractivity contribution is 6.08. The van der Waals surface area contributed by atoms with Crippen molar-refractivity contribution >= 4 is 17.8 Å². The molecule has 1 saturated carbocycles. The van der Waals surface area contributed by atoms with E-state index >= 15 is 0 Å². The fourth-order valence-electron chi connectivity index (χ4n) is 3.86. The standard InChI is InChI=1S/C19H23F2N3O4/c1-23-18(27)24(16(26)19(23)9-3-2-4-10-19)12-15(25)22-11-13-5-7-14(8-6-13)28-17(20)21/h5-8,17H,2-4,9-12H2,1H3,(H,22,25). The first-order valence-corrected chi connectivity index (χ1v) is 9.24. The minimum absolute atomic E-state index is 0.0270. The van der Waals surface area contributed by atoms with Crippen molar-refractivity contribution < 1.29 is 27.9 Å². The van der Waals surface area contributed by atoms with E-state index in [4.69, 9.17) is 0 Å². The van der Waals surface area contributed by atoms with Gasteiger partial charge in [-0.2, -0.15) is 8.78 Å². The van der Waals surface area contributed by atoms with Gasteiger partial charge in [-0.15, -0.1) is 0 Å². The number of imide groups is 1. The molecule has 1 saturated heterocycles. The monoisotopic (exact) mass is 395 g/mol. The number of hydrogen-bond acceptors (Lipinski definition) is 4. The van der Waals surface area contributed by atoms with Gasteiger partial charge in [0.05, 0.1) is 0 Å². The largest absolute Gasteiger partial charge is 0.435 e. The lowest BCUT2D eigenvalue weighted by molar-refractivity contribution is -0.137. The van der Waals surface area contributed by atoms with Crippen LogP contribution in [0.5, 0.6) is 5.75 Å². The average molecular weight is 395 g/mol. The van der Waals surface area contributed by atoms with Crippen molar-refractivity contribution in [3.8, 4) is 5.75 Å². The molecule has 1 aliphatic carbocycles. The predicted octanol–water partition coefficient (Wildman–Crippen LogP) is 2.50. The first kappa shape index (κ1) is 20.0. The Labute approximate surface area is 161 Å². The summed E-state index contributed by atoms with van der Waals surface area (Å²) in [5.41, 5.74) is -0.134. The summed E-state index contributed by atoms with van der Waals surface area (Å²) < 4.78 is 28.6. The van der Waals surface area contributed by atoms with Gasteiger partial charge >= 0.3 is 12.6 Å². The molecule has 2 fully saturated rings. The number of nitrogens with one attached hydrogen (secondary N) is 1. The van der Waals surface area contributed by atoms with E-state index in [1.807, 2.05) is 0 Å². The maximum absolute atomic E-state index is 12.8. The smallest absolute Gasteiger partial charge is 0.387 e. The molecule has 7 nitrogen and oxygen atoms in total. The van der Waals surface area contributed by atoms with Gasteiger partial charge in [-0.1, -0.05) is 31.4 Å². The minimum atomic E-state index is -2.90. The summed E-state index contributed by atoms with van der Waals surface area (Å²) in [5, 5.41) is 2.64. The number of alkyl halides is 2. The number of likely N-dealkylation sites (N-methyl/N-ethyl adjacent to an activating group) is 1. The molecule has 1 heterocycles. The van der Waals surface area contributed by atoms with Crippen LogP contribution in [0.2, 0.25) is 0 Å². The van der Waals surface area contributed by atoms with Gasteiger partial charge in [0.15, 0.2) is 0 Å². The SMILES string of the molecule is CN1C(=O)N(CC(=O)NCc2ccc(OC(F)F)cc2)C(=O)C12CCCCC2. The number of rotatable bonds is 6. The van der Waals surface area contributed by atoms with E-state index in [2.05, 4.69) is 10.1 Å². The van der Waals surface area contributed by atoms with Crippen molar-refractivity contribution in [2.75, 3.05) is 13.6 Å². The molecule has 0 bridgehead atoms. The Balaban J connectivity index is 1.56. The first-order chi connectivity index (χ1) is 13.3. The lowest BCUT2D eigenvalue weighted by atomic mass is 9.81. The number of amides is 4. The van der Waals surface area contributed by atoms with E-state index in [-0.39, 0.29) is 24.7 Å². The minimum Gasteiger partial charge on any atom is -0.435 e. The van der Waals surface area contributed by atoms with Crippen LogP contribution in [0.3, 0.4) is 0 Å². The molecule has 0 radical (unpaired) electrons. The van der Waals surface area contributed by atoms with Gasteiger partial charge in [0.25, 0.3) is 5.91 Å². The number of carbonyl (C=O) groups excluding carboxylic acids is 3. The van der Waals surface area contributed by atoms with Crippen LogP contribution in [0.4, 0.5) is 13.6 Å². The van der Waals surface area contributed by atoms with Gasteiger partial charge in [0.1, 0.15) is 17.8 Å². The highest BCUT2D eigenvalue weighted by Gasteiger charge is 2.55. The molecule has 152 valence electrons. The second-order valence-corrected chi connectivity index (χ2v) is 7.12. The van der Waals surface area contributed by atoms with Gasteiger partial charge in [0, 0.05) is 13.6 Å². The zero-order valence-corrected chi connectivity index (χ0v) is 15.6. The summed E-state index contributed by atoms with van der Waals surface area (Å²) in [4.78, 5) is 40.1. The van der Waals surface area contributed by atoms with Gasteiger partial charge in [-0.3, -0.25) is 14.5 Å². The third-order valence-corrected chi connectivity index (χ3v) is 5.42. The Hall–Kier alpha value is -2.71. The van der Waals surface area contributed by atoms with Crippen molar-refractivity contribution in [1.29, 1.82) is 0 Å². The number of benzene rings is 1. The van der Waals surface area contributed by atoms with Crippen LogP contribution in [0.25, 0.3) is 0 Å². The molecule has 0 aromatic heterocycles. The van der Waals surface area contributed by atoms with Crippen LogP contribution in [0.15, 0.2) is 24.3 Å². The van der Waals surface area contributed by atoms with Crippen LogP contribution in [-0.2, 0) is 16.1 Å². The highest BCUT2D eigenvalue weighted by Crippen LogP contribution is 2.39. The molecular formula is C19H23F2N3O4. The molecule has 4 amide bonds. The van der Waals surface area contributed by atoms with E-state index in [1.54, 1.807) is 19.2 Å². The Bertz CT molecular complexity index is 748. The molecule has 1 aromatic carbocycles. The molecule has 2 aliphatic rings. The molecule has 1 aromatic rings. The molecule has 9 heteroatoms. The fraction of sp³-hybridized carbons (Fsp3) is 0.526. The van der Waals surface area contributed by atoms with Crippen molar-refractivity contribution in [2.24, 2.45) is 0 Å². The number of nitrogens with zero attached hydrogens (tertiary/aromatic N) is 2. The molecule has 0 unspecified atom stereocenters. The lowest BCUT2D eigenvalue weighted by Crippen LogP contribution is -2.49. The van der Waals surface area contributed by atoms with Crippen molar-refractivity contribution in [2.45, 2.75) is 50.8 Å². The summed E-state index contributed by atoms with van der Waals surface area (Å²) in [6, 6.07) is 5.41. The summed E-state index contributed by atoms with van der Waals surface area (Å²) >= 11 is 0. The summed E-state index contributed by atoms with van der Waals surface area (Å²) in [5.74, 6) is -0.738. The topological polar surface area (TPSA) is 79.0 Å². The van der Waals surface area contributed by atoms with E-state index in [9.17, 15) is 23.2 Å². The van der Waals surface area contributed by atoms with Gasteiger partial charge in [-0.25, -0.2) is 4.79 Å². The zero-order valence-electron chi connectivity index (χ0n) is 15.6. The molecule has 3 rings (SSSR count). The van der Waals surface area contributed by atoms with Crippen LogP contribution >= 0.6 is 0 Å². The van der Waals surface area contributed by atoms with Crippen LogP contribution in [-0.4, -0.2) is 53.4 Å². The van der Waals surface area contributed by atoms with Crippen LogP contribution in [0, 0.1) is 0 Å². The molecule has 28 heavy (non-hydrogen) atoms. The number of urea groups is 1. The summed E-state index contributed by atoms with van der Waals surface area (Å²) in [6.07, 6.45) is 4.06. The van der Waals surface area contributed by atoms with Crippen molar-refractivity contribution in [1.82, 2.24) is 15.1 Å². The normalized spacial score (nSPS) is 18.9. The van der Waals surface area contributed by atoms with Gasteiger partial charge in [-0.05, 0) is 30.5 Å². The number of halogens is 2. The lowest BCUT2D eigenvalue weighted by Gasteiger charge is -2.35. The van der Waals surface area contributed by atoms with Crippen molar-refractivity contribution in [3.05, 3.63) is 29.8 Å². The van der Waals surface area contributed by atoms with E-state index in [1.165, 1.54) is 17.0 Å². The van der Waals surface area contributed by atoms with Gasteiger partial charge in [0.2, 0.25) is 5.91 Å². The molecule has 0 atom stereocenters. The van der Waals surface area contributed by atoms with Crippen LogP contribution < -0.4 is 10.1 Å². The van der Waals surface area contributed by atoms with E-state index in [0.717, 1.165) is 24.2 Å². The average Bonchev–Trinajstić information content (AvgIpc) is 2.84. The summed E-state index contributed by atoms with van der Waals surface area (Å²) in [6.45, 7) is -3.09. The highest BCUT2D eigenvalue weighted by atomic mass is 19.3. The molecular weight excluding hydrogens is 372 g/mol. The third-order valence-electron chi connectivity index (χ3n) is 5.42. The number of hydrogen-bond donors (Lipinski definition) is 1. The maximum atomic E-state index is 12.8. The Morgan fingerprint density at radius 1 is 1.18 bits per heavy atom. The first-order valence-electron chi connectivity index (χ1n) is 9.24. The summed E-state index contributed by atoms with van der Waals surface area (Å²) in [7, 11) is 1.62. The Kier molecular flexibility index (Phi) is 5.81. The Morgan fingerprint density at radius 3 is 2.43 bits per heavy atom.